The van der Waals surface area contributed by atoms with Crippen molar-refractivity contribution in [3.05, 3.63) is 58.5 Å². The van der Waals surface area contributed by atoms with Crippen LogP contribution in [-0.2, 0) is 0 Å². The van der Waals surface area contributed by atoms with Crippen LogP contribution in [0.25, 0.3) is 10.3 Å². The second kappa shape index (κ2) is 4.78. The SMILES string of the molecule is Cc1cnc2[nH]c(=NC(=O)c3ccccc3)sc2c1. The van der Waals surface area contributed by atoms with Crippen molar-refractivity contribution in [1.82, 2.24) is 9.97 Å². The van der Waals surface area contributed by atoms with Gasteiger partial charge in [0.25, 0.3) is 5.91 Å². The number of carbonyl (C=O) groups excluding carboxylic acids is 1. The minimum atomic E-state index is -0.250. The Morgan fingerprint density at radius 1 is 1.32 bits per heavy atom. The largest absolute Gasteiger partial charge is 0.315 e. The molecule has 3 aromatic rings. The molecule has 0 radical (unpaired) electrons. The molecule has 0 atom stereocenters. The van der Waals surface area contributed by atoms with Gasteiger partial charge in [0.05, 0.1) is 4.70 Å². The Morgan fingerprint density at radius 3 is 2.89 bits per heavy atom. The Labute approximate surface area is 113 Å². The van der Waals surface area contributed by atoms with Crippen LogP contribution < -0.4 is 4.80 Å². The van der Waals surface area contributed by atoms with E-state index in [1.54, 1.807) is 18.3 Å². The zero-order valence-electron chi connectivity index (χ0n) is 10.3. The average Bonchev–Trinajstić information content (AvgIpc) is 2.81. The standard InChI is InChI=1S/C14H11N3OS/c1-9-7-11-12(15-8-9)16-14(19-11)17-13(18)10-5-3-2-4-6-10/h2-8H,1H3,(H,15,16,17,18). The van der Waals surface area contributed by atoms with Crippen LogP contribution in [0.3, 0.4) is 0 Å². The van der Waals surface area contributed by atoms with Crippen LogP contribution in [0.4, 0.5) is 0 Å². The van der Waals surface area contributed by atoms with Gasteiger partial charge < -0.3 is 4.98 Å². The summed E-state index contributed by atoms with van der Waals surface area (Å²) in [5, 5.41) is 0. The lowest BCUT2D eigenvalue weighted by Crippen LogP contribution is -2.04. The lowest BCUT2D eigenvalue weighted by atomic mass is 10.2. The molecule has 4 nitrogen and oxygen atoms in total. The van der Waals surface area contributed by atoms with Crippen LogP contribution in [0, 0.1) is 6.92 Å². The first kappa shape index (κ1) is 11.8. The number of H-pyrrole nitrogens is 1. The van der Waals surface area contributed by atoms with Crippen molar-refractivity contribution < 1.29 is 4.79 Å². The molecule has 0 saturated heterocycles. The first-order valence-electron chi connectivity index (χ1n) is 5.82. The van der Waals surface area contributed by atoms with E-state index in [4.69, 9.17) is 0 Å². The third-order valence-corrected chi connectivity index (χ3v) is 3.56. The van der Waals surface area contributed by atoms with E-state index in [0.717, 1.165) is 15.9 Å². The molecule has 0 unspecified atom stereocenters. The van der Waals surface area contributed by atoms with E-state index in [2.05, 4.69) is 15.0 Å². The predicted molar refractivity (Wildman–Crippen MR) is 75.0 cm³/mol. The van der Waals surface area contributed by atoms with Crippen LogP contribution >= 0.6 is 11.3 Å². The second-order valence-corrected chi connectivity index (χ2v) is 5.21. The predicted octanol–water partition coefficient (Wildman–Crippen LogP) is 2.67. The van der Waals surface area contributed by atoms with Gasteiger partial charge >= 0.3 is 0 Å². The number of amides is 1. The molecule has 0 saturated carbocycles. The van der Waals surface area contributed by atoms with Gasteiger partial charge in [-0.2, -0.15) is 4.99 Å². The summed E-state index contributed by atoms with van der Waals surface area (Å²) < 4.78 is 1.000. The van der Waals surface area contributed by atoms with E-state index < -0.39 is 0 Å². The second-order valence-electron chi connectivity index (χ2n) is 4.17. The van der Waals surface area contributed by atoms with Gasteiger partial charge in [-0.3, -0.25) is 4.79 Å². The van der Waals surface area contributed by atoms with Gasteiger partial charge in [-0.05, 0) is 30.7 Å². The summed E-state index contributed by atoms with van der Waals surface area (Å²) >= 11 is 1.43. The van der Waals surface area contributed by atoms with Crippen LogP contribution in [0.2, 0.25) is 0 Å². The number of thiazole rings is 1. The molecule has 0 aliphatic rings. The molecule has 1 amide bonds. The quantitative estimate of drug-likeness (QED) is 0.738. The highest BCUT2D eigenvalue weighted by Gasteiger charge is 2.04. The monoisotopic (exact) mass is 269 g/mol. The van der Waals surface area contributed by atoms with E-state index in [1.807, 2.05) is 31.2 Å². The van der Waals surface area contributed by atoms with Gasteiger partial charge in [-0.25, -0.2) is 4.98 Å². The average molecular weight is 269 g/mol. The first-order chi connectivity index (χ1) is 9.22. The fraction of sp³-hybridized carbons (Fsp3) is 0.0714. The number of pyridine rings is 1. The highest BCUT2D eigenvalue weighted by Crippen LogP contribution is 2.13. The molecular formula is C14H11N3OS. The summed E-state index contributed by atoms with van der Waals surface area (Å²) in [5.74, 6) is -0.250. The molecule has 94 valence electrons. The Kier molecular flexibility index (Phi) is 2.97. The van der Waals surface area contributed by atoms with Crippen molar-refractivity contribution in [1.29, 1.82) is 0 Å². The van der Waals surface area contributed by atoms with Crippen LogP contribution in [0.1, 0.15) is 15.9 Å². The van der Waals surface area contributed by atoms with Crippen molar-refractivity contribution in [2.45, 2.75) is 6.92 Å². The Hall–Kier alpha value is -2.27. The normalized spacial score (nSPS) is 11.9. The van der Waals surface area contributed by atoms with Crippen molar-refractivity contribution in [3.8, 4) is 0 Å². The minimum Gasteiger partial charge on any atom is -0.315 e. The number of nitrogens with zero attached hydrogens (tertiary/aromatic N) is 2. The minimum absolute atomic E-state index is 0.250. The molecule has 0 bridgehead atoms. The number of fused-ring (bicyclic) bond motifs is 1. The molecule has 2 heterocycles. The van der Waals surface area contributed by atoms with E-state index in [0.29, 0.717) is 10.4 Å². The van der Waals surface area contributed by atoms with Gasteiger partial charge in [0.15, 0.2) is 4.80 Å². The fourth-order valence-corrected chi connectivity index (χ4v) is 2.66. The number of aromatic amines is 1. The zero-order valence-corrected chi connectivity index (χ0v) is 11.1. The highest BCUT2D eigenvalue weighted by atomic mass is 32.1. The lowest BCUT2D eigenvalue weighted by molar-refractivity contribution is 0.0998. The number of benzene rings is 1. The topological polar surface area (TPSA) is 58.1 Å². The number of hydrogen-bond acceptors (Lipinski definition) is 3. The van der Waals surface area contributed by atoms with Gasteiger partial charge in [-0.1, -0.05) is 29.5 Å². The molecule has 1 N–H and O–H groups in total. The van der Waals surface area contributed by atoms with Gasteiger partial charge in [-0.15, -0.1) is 0 Å². The maximum Gasteiger partial charge on any atom is 0.279 e. The number of aromatic nitrogens is 2. The van der Waals surface area contributed by atoms with E-state index in [-0.39, 0.29) is 5.91 Å². The number of aryl methyl sites for hydroxylation is 1. The summed E-state index contributed by atoms with van der Waals surface area (Å²) in [6.45, 7) is 1.98. The van der Waals surface area contributed by atoms with Gasteiger partial charge in [0.2, 0.25) is 0 Å². The number of rotatable bonds is 1. The molecule has 0 aliphatic carbocycles. The molecule has 5 heteroatoms. The Morgan fingerprint density at radius 2 is 2.11 bits per heavy atom. The van der Waals surface area contributed by atoms with E-state index in [9.17, 15) is 4.79 Å². The molecule has 19 heavy (non-hydrogen) atoms. The molecule has 2 aromatic heterocycles. The molecule has 0 fully saturated rings. The van der Waals surface area contributed by atoms with E-state index in [1.165, 1.54) is 11.3 Å². The molecular weight excluding hydrogens is 258 g/mol. The molecule has 0 spiro atoms. The number of carbonyl (C=O) groups is 1. The van der Waals surface area contributed by atoms with Crippen molar-refractivity contribution in [3.63, 3.8) is 0 Å². The summed E-state index contributed by atoms with van der Waals surface area (Å²) in [6.07, 6.45) is 1.79. The summed E-state index contributed by atoms with van der Waals surface area (Å²) in [7, 11) is 0. The lowest BCUT2D eigenvalue weighted by Gasteiger charge is -1.91. The maximum atomic E-state index is 12.0. The summed E-state index contributed by atoms with van der Waals surface area (Å²) in [5.41, 5.74) is 2.43. The third-order valence-electron chi connectivity index (χ3n) is 2.65. The number of hydrogen-bond donors (Lipinski definition) is 1. The molecule has 0 aliphatic heterocycles. The van der Waals surface area contributed by atoms with Crippen molar-refractivity contribution in [2.75, 3.05) is 0 Å². The van der Waals surface area contributed by atoms with Crippen LogP contribution in [0.5, 0.6) is 0 Å². The zero-order chi connectivity index (χ0) is 13.2. The molecule has 3 rings (SSSR count). The smallest absolute Gasteiger partial charge is 0.279 e. The fourth-order valence-electron chi connectivity index (χ4n) is 1.73. The van der Waals surface area contributed by atoms with Gasteiger partial charge in [0, 0.05) is 11.8 Å². The van der Waals surface area contributed by atoms with Crippen LogP contribution in [-0.4, -0.2) is 15.9 Å². The van der Waals surface area contributed by atoms with Crippen LogP contribution in [0.15, 0.2) is 47.6 Å². The maximum absolute atomic E-state index is 12.0. The van der Waals surface area contributed by atoms with Gasteiger partial charge in [0.1, 0.15) is 5.65 Å². The molecule has 1 aromatic carbocycles. The summed E-state index contributed by atoms with van der Waals surface area (Å²) in [6, 6.07) is 11.0. The Balaban J connectivity index is 2.04. The summed E-state index contributed by atoms with van der Waals surface area (Å²) in [4.78, 5) is 23.9. The third kappa shape index (κ3) is 2.46. The van der Waals surface area contributed by atoms with Crippen molar-refractivity contribution in [2.24, 2.45) is 4.99 Å². The highest BCUT2D eigenvalue weighted by molar-refractivity contribution is 7.16. The first-order valence-corrected chi connectivity index (χ1v) is 6.63. The Bertz CT molecular complexity index is 802. The number of nitrogens with one attached hydrogen (secondary N) is 1. The van der Waals surface area contributed by atoms with E-state index >= 15 is 0 Å². The van der Waals surface area contributed by atoms with Crippen molar-refractivity contribution >= 4 is 27.6 Å².